The maximum absolute atomic E-state index is 12.5. The first-order chi connectivity index (χ1) is 12.2. The van der Waals surface area contributed by atoms with E-state index in [1.54, 1.807) is 30.3 Å². The Balaban J connectivity index is 2.00. The van der Waals surface area contributed by atoms with Crippen LogP contribution in [0.4, 0.5) is 0 Å². The number of hydrogen-bond donors (Lipinski definition) is 2. The normalized spacial score (nSPS) is 11.2. The van der Waals surface area contributed by atoms with Crippen LogP contribution in [-0.4, -0.2) is 28.0 Å². The van der Waals surface area contributed by atoms with Crippen molar-refractivity contribution in [2.24, 2.45) is 0 Å². The molecule has 0 aliphatic heterocycles. The van der Waals surface area contributed by atoms with Gasteiger partial charge in [0.2, 0.25) is 15.9 Å². The van der Waals surface area contributed by atoms with Gasteiger partial charge < -0.3 is 10.1 Å². The van der Waals surface area contributed by atoms with Gasteiger partial charge >= 0.3 is 0 Å². The number of hydrogen-bond acceptors (Lipinski definition) is 4. The maximum atomic E-state index is 12.5. The van der Waals surface area contributed by atoms with Crippen LogP contribution in [0.5, 0.6) is 5.75 Å². The number of sulfonamides is 1. The van der Waals surface area contributed by atoms with Crippen LogP contribution in [0.15, 0.2) is 41.3 Å². The molecule has 0 unspecified atom stereocenters. The van der Waals surface area contributed by atoms with Gasteiger partial charge in [-0.3, -0.25) is 4.79 Å². The predicted molar refractivity (Wildman–Crippen MR) is 101 cm³/mol. The lowest BCUT2D eigenvalue weighted by Crippen LogP contribution is -2.36. The molecule has 0 spiro atoms. The van der Waals surface area contributed by atoms with Gasteiger partial charge in [0, 0.05) is 11.6 Å². The minimum Gasteiger partial charge on any atom is -0.495 e. The van der Waals surface area contributed by atoms with Crippen LogP contribution < -0.4 is 14.8 Å². The summed E-state index contributed by atoms with van der Waals surface area (Å²) >= 11 is 5.80. The second-order valence-electron chi connectivity index (χ2n) is 5.82. The molecule has 8 heteroatoms. The fourth-order valence-corrected chi connectivity index (χ4v) is 3.58. The molecule has 0 radical (unpaired) electrons. The first-order valence-corrected chi connectivity index (χ1v) is 9.75. The van der Waals surface area contributed by atoms with Crippen molar-refractivity contribution in [3.8, 4) is 5.75 Å². The van der Waals surface area contributed by atoms with Crippen LogP contribution in [0.2, 0.25) is 5.02 Å². The molecule has 0 aliphatic rings. The molecule has 0 aliphatic carbocycles. The molecule has 0 fully saturated rings. The lowest BCUT2D eigenvalue weighted by Gasteiger charge is -2.13. The van der Waals surface area contributed by atoms with Crippen molar-refractivity contribution in [2.45, 2.75) is 25.3 Å². The standard InChI is InChI=1S/C18H21ClN2O4S/c1-12-8-16(25-3)17(9-13(12)2)26(23,24)21-11-18(22)20-10-14-4-6-15(19)7-5-14/h4-9,21H,10-11H2,1-3H3,(H,20,22). The lowest BCUT2D eigenvalue weighted by atomic mass is 10.1. The third-order valence-corrected chi connectivity index (χ3v) is 5.57. The maximum Gasteiger partial charge on any atom is 0.244 e. The van der Waals surface area contributed by atoms with E-state index < -0.39 is 15.9 Å². The van der Waals surface area contributed by atoms with Gasteiger partial charge in [0.15, 0.2) is 0 Å². The van der Waals surface area contributed by atoms with E-state index in [2.05, 4.69) is 10.0 Å². The van der Waals surface area contributed by atoms with Gasteiger partial charge in [0.1, 0.15) is 10.6 Å². The Bertz CT molecular complexity index is 896. The summed E-state index contributed by atoms with van der Waals surface area (Å²) in [4.78, 5) is 11.9. The second-order valence-corrected chi connectivity index (χ2v) is 7.99. The summed E-state index contributed by atoms with van der Waals surface area (Å²) in [5.74, 6) is -0.200. The summed E-state index contributed by atoms with van der Waals surface area (Å²) in [5.41, 5.74) is 2.60. The van der Waals surface area contributed by atoms with E-state index in [4.69, 9.17) is 16.3 Å². The van der Waals surface area contributed by atoms with Gasteiger partial charge in [0.25, 0.3) is 0 Å². The zero-order valence-electron chi connectivity index (χ0n) is 14.8. The number of amides is 1. The highest BCUT2D eigenvalue weighted by molar-refractivity contribution is 7.89. The van der Waals surface area contributed by atoms with Crippen LogP contribution >= 0.6 is 11.6 Å². The Hall–Kier alpha value is -2.09. The molecule has 0 atom stereocenters. The smallest absolute Gasteiger partial charge is 0.244 e. The largest absolute Gasteiger partial charge is 0.495 e. The average Bonchev–Trinajstić information content (AvgIpc) is 2.61. The Morgan fingerprint density at radius 1 is 1.12 bits per heavy atom. The molecule has 2 N–H and O–H groups in total. The van der Waals surface area contributed by atoms with Gasteiger partial charge in [-0.2, -0.15) is 0 Å². The summed E-state index contributed by atoms with van der Waals surface area (Å²) in [6.07, 6.45) is 0. The SMILES string of the molecule is COc1cc(C)c(C)cc1S(=O)(=O)NCC(=O)NCc1ccc(Cl)cc1. The van der Waals surface area contributed by atoms with E-state index in [9.17, 15) is 13.2 Å². The fraction of sp³-hybridized carbons (Fsp3) is 0.278. The number of rotatable bonds is 7. The summed E-state index contributed by atoms with van der Waals surface area (Å²) in [5, 5.41) is 3.26. The summed E-state index contributed by atoms with van der Waals surface area (Å²) in [6, 6.07) is 10.2. The van der Waals surface area contributed by atoms with E-state index >= 15 is 0 Å². The zero-order valence-corrected chi connectivity index (χ0v) is 16.4. The number of methoxy groups -OCH3 is 1. The second kappa shape index (κ2) is 8.53. The Morgan fingerprint density at radius 2 is 1.73 bits per heavy atom. The highest BCUT2D eigenvalue weighted by atomic mass is 35.5. The monoisotopic (exact) mass is 396 g/mol. The van der Waals surface area contributed by atoms with Gasteiger partial charge in [-0.15, -0.1) is 0 Å². The molecule has 2 aromatic carbocycles. The molecule has 0 saturated heterocycles. The average molecular weight is 397 g/mol. The lowest BCUT2D eigenvalue weighted by molar-refractivity contribution is -0.120. The molecule has 2 rings (SSSR count). The minimum absolute atomic E-state index is 0.00796. The van der Waals surface area contributed by atoms with Crippen LogP contribution in [0.1, 0.15) is 16.7 Å². The summed E-state index contributed by atoms with van der Waals surface area (Å²) in [6.45, 7) is 3.59. The molecular weight excluding hydrogens is 376 g/mol. The first kappa shape index (κ1) is 20.2. The van der Waals surface area contributed by atoms with Crippen LogP contribution in [0, 0.1) is 13.8 Å². The topological polar surface area (TPSA) is 84.5 Å². The quantitative estimate of drug-likeness (QED) is 0.753. The van der Waals surface area contributed by atoms with Crippen molar-refractivity contribution < 1.29 is 17.9 Å². The van der Waals surface area contributed by atoms with Crippen LogP contribution in [0.25, 0.3) is 0 Å². The van der Waals surface area contributed by atoms with Crippen molar-refractivity contribution in [3.05, 3.63) is 58.1 Å². The number of halogens is 1. The summed E-state index contributed by atoms with van der Waals surface area (Å²) < 4.78 is 32.5. The van der Waals surface area contributed by atoms with Gasteiger partial charge in [0.05, 0.1) is 13.7 Å². The molecule has 0 heterocycles. The van der Waals surface area contributed by atoms with Crippen LogP contribution in [0.3, 0.4) is 0 Å². The van der Waals surface area contributed by atoms with Crippen molar-refractivity contribution >= 4 is 27.5 Å². The van der Waals surface area contributed by atoms with Crippen molar-refractivity contribution in [2.75, 3.05) is 13.7 Å². The Labute approximate surface area is 158 Å². The van der Waals surface area contributed by atoms with E-state index in [-0.39, 0.29) is 23.7 Å². The molecule has 26 heavy (non-hydrogen) atoms. The minimum atomic E-state index is -3.88. The molecule has 0 bridgehead atoms. The molecule has 0 saturated carbocycles. The summed E-state index contributed by atoms with van der Waals surface area (Å²) in [7, 11) is -2.47. The zero-order chi connectivity index (χ0) is 19.3. The van der Waals surface area contributed by atoms with Gasteiger partial charge in [-0.25, -0.2) is 13.1 Å². The highest BCUT2D eigenvalue weighted by Crippen LogP contribution is 2.27. The number of ether oxygens (including phenoxy) is 1. The molecule has 0 aromatic heterocycles. The Kier molecular flexibility index (Phi) is 6.63. The number of carbonyl (C=O) groups is 1. The third kappa shape index (κ3) is 5.20. The first-order valence-electron chi connectivity index (χ1n) is 7.89. The Morgan fingerprint density at radius 3 is 2.35 bits per heavy atom. The molecular formula is C18H21ClN2O4S. The van der Waals surface area contributed by atoms with E-state index in [0.717, 1.165) is 16.7 Å². The van der Waals surface area contributed by atoms with Crippen LogP contribution in [-0.2, 0) is 21.4 Å². The molecule has 140 valence electrons. The highest BCUT2D eigenvalue weighted by Gasteiger charge is 2.21. The van der Waals surface area contributed by atoms with Gasteiger partial charge in [-0.1, -0.05) is 23.7 Å². The van der Waals surface area contributed by atoms with Gasteiger partial charge in [-0.05, 0) is 54.8 Å². The number of nitrogens with one attached hydrogen (secondary N) is 2. The molecule has 1 amide bonds. The number of carbonyl (C=O) groups excluding carboxylic acids is 1. The predicted octanol–water partition coefficient (Wildman–Crippen LogP) is 2.56. The van der Waals surface area contributed by atoms with Crippen molar-refractivity contribution in [1.29, 1.82) is 0 Å². The molecule has 6 nitrogen and oxygen atoms in total. The van der Waals surface area contributed by atoms with E-state index in [0.29, 0.717) is 5.02 Å². The number of aryl methyl sites for hydroxylation is 2. The van der Waals surface area contributed by atoms with Crippen molar-refractivity contribution in [1.82, 2.24) is 10.0 Å². The fourth-order valence-electron chi connectivity index (χ4n) is 2.24. The third-order valence-electron chi connectivity index (χ3n) is 3.90. The molecule has 2 aromatic rings. The number of benzene rings is 2. The van der Waals surface area contributed by atoms with E-state index in [1.165, 1.54) is 13.2 Å². The van der Waals surface area contributed by atoms with Crippen molar-refractivity contribution in [3.63, 3.8) is 0 Å². The van der Waals surface area contributed by atoms with E-state index in [1.807, 2.05) is 13.8 Å².